The molecule has 1 aliphatic carbocycles. The number of nitrogens with zero attached hydrogens (tertiary/aromatic N) is 2. The zero-order chi connectivity index (χ0) is 13.0. The van der Waals surface area contributed by atoms with Gasteiger partial charge in [0.05, 0.1) is 6.54 Å². The van der Waals surface area contributed by atoms with E-state index in [1.54, 1.807) is 0 Å². The summed E-state index contributed by atoms with van der Waals surface area (Å²) in [5, 5.41) is 3.26. The fourth-order valence-electron chi connectivity index (χ4n) is 3.05. The summed E-state index contributed by atoms with van der Waals surface area (Å²) < 4.78 is 0. The Morgan fingerprint density at radius 1 is 1.16 bits per heavy atom. The van der Waals surface area contributed by atoms with Crippen molar-refractivity contribution in [3.05, 3.63) is 0 Å². The Morgan fingerprint density at radius 3 is 2.26 bits per heavy atom. The number of nitrogens with one attached hydrogen (secondary N) is 1. The second-order valence-corrected chi connectivity index (χ2v) is 5.70. The maximum Gasteiger partial charge on any atom is 0.236 e. The minimum Gasteiger partial charge on any atom is -0.339 e. The second-order valence-electron chi connectivity index (χ2n) is 5.70. The molecule has 1 saturated heterocycles. The van der Waals surface area contributed by atoms with Gasteiger partial charge in [-0.25, -0.2) is 0 Å². The third-order valence-corrected chi connectivity index (χ3v) is 4.44. The predicted molar refractivity (Wildman–Crippen MR) is 80.8 cm³/mol. The molecule has 2 fully saturated rings. The first-order valence-electron chi connectivity index (χ1n) is 7.42. The number of carbonyl (C=O) groups excluding carboxylic acids is 1. The summed E-state index contributed by atoms with van der Waals surface area (Å²) in [5.41, 5.74) is 0. The highest BCUT2D eigenvalue weighted by molar-refractivity contribution is 5.85. The highest BCUT2D eigenvalue weighted by atomic mass is 35.5. The lowest BCUT2D eigenvalue weighted by Gasteiger charge is -2.38. The van der Waals surface area contributed by atoms with Crippen molar-refractivity contribution in [2.45, 2.75) is 51.1 Å². The summed E-state index contributed by atoms with van der Waals surface area (Å²) in [4.78, 5) is 16.7. The number of rotatable bonds is 5. The van der Waals surface area contributed by atoms with E-state index in [1.165, 1.54) is 32.1 Å². The van der Waals surface area contributed by atoms with E-state index >= 15 is 0 Å². The Balaban J connectivity index is 0.00000180. The quantitative estimate of drug-likeness (QED) is 0.833. The van der Waals surface area contributed by atoms with E-state index in [0.717, 1.165) is 19.6 Å². The van der Waals surface area contributed by atoms with Crippen LogP contribution in [-0.2, 0) is 4.79 Å². The zero-order valence-electron chi connectivity index (χ0n) is 12.2. The molecule has 0 unspecified atom stereocenters. The third kappa shape index (κ3) is 4.33. The molecule has 2 rings (SSSR count). The Morgan fingerprint density at radius 2 is 1.79 bits per heavy atom. The van der Waals surface area contributed by atoms with Crippen molar-refractivity contribution in [2.75, 3.05) is 33.2 Å². The highest BCUT2D eigenvalue weighted by Gasteiger charge is 2.28. The average molecular weight is 290 g/mol. The normalized spacial score (nSPS) is 20.8. The monoisotopic (exact) mass is 289 g/mol. The van der Waals surface area contributed by atoms with E-state index in [2.05, 4.69) is 29.1 Å². The summed E-state index contributed by atoms with van der Waals surface area (Å²) >= 11 is 0. The van der Waals surface area contributed by atoms with E-state index in [-0.39, 0.29) is 12.4 Å². The van der Waals surface area contributed by atoms with Gasteiger partial charge in [0.25, 0.3) is 0 Å². The van der Waals surface area contributed by atoms with Gasteiger partial charge in [0.2, 0.25) is 5.91 Å². The van der Waals surface area contributed by atoms with Gasteiger partial charge in [-0.2, -0.15) is 0 Å². The van der Waals surface area contributed by atoms with Crippen molar-refractivity contribution >= 4 is 18.3 Å². The smallest absolute Gasteiger partial charge is 0.236 e. The topological polar surface area (TPSA) is 35.6 Å². The molecule has 4 nitrogen and oxygen atoms in total. The standard InChI is InChI=1S/C14H27N3O.ClH/c1-3-17(12-7-5-4-6-8-12)14(18)11-16(2)13-9-15-10-13;/h12-13,15H,3-11H2,1-2H3;1H. The molecule has 19 heavy (non-hydrogen) atoms. The number of halogens is 1. The van der Waals surface area contributed by atoms with Crippen LogP contribution in [0.15, 0.2) is 0 Å². The molecule has 1 N–H and O–H groups in total. The van der Waals surface area contributed by atoms with Crippen LogP contribution in [0.3, 0.4) is 0 Å². The van der Waals surface area contributed by atoms with Gasteiger partial charge in [-0.05, 0) is 26.8 Å². The molecular weight excluding hydrogens is 262 g/mol. The van der Waals surface area contributed by atoms with Crippen LogP contribution in [0.25, 0.3) is 0 Å². The average Bonchev–Trinajstić information content (AvgIpc) is 2.28. The molecule has 2 aliphatic rings. The predicted octanol–water partition coefficient (Wildman–Crippen LogP) is 1.49. The molecule has 112 valence electrons. The zero-order valence-corrected chi connectivity index (χ0v) is 13.0. The summed E-state index contributed by atoms with van der Waals surface area (Å²) in [6.45, 7) is 5.60. The van der Waals surface area contributed by atoms with Crippen molar-refractivity contribution < 1.29 is 4.79 Å². The van der Waals surface area contributed by atoms with Gasteiger partial charge in [0.1, 0.15) is 0 Å². The van der Waals surface area contributed by atoms with Crippen LogP contribution in [0.5, 0.6) is 0 Å². The van der Waals surface area contributed by atoms with E-state index in [4.69, 9.17) is 0 Å². The third-order valence-electron chi connectivity index (χ3n) is 4.44. The van der Waals surface area contributed by atoms with E-state index in [1.807, 2.05) is 0 Å². The number of amides is 1. The van der Waals surface area contributed by atoms with Crippen molar-refractivity contribution in [1.82, 2.24) is 15.1 Å². The minimum absolute atomic E-state index is 0. The molecule has 0 aromatic rings. The molecule has 1 saturated carbocycles. The Hall–Kier alpha value is -0.320. The number of hydrogen-bond donors (Lipinski definition) is 1. The first-order chi connectivity index (χ1) is 8.72. The number of hydrogen-bond acceptors (Lipinski definition) is 3. The van der Waals surface area contributed by atoms with E-state index < -0.39 is 0 Å². The molecule has 0 aromatic heterocycles. The van der Waals surface area contributed by atoms with Crippen LogP contribution < -0.4 is 5.32 Å². The SMILES string of the molecule is CCN(C(=O)CN(C)C1CNC1)C1CCCCC1.Cl. The molecule has 1 heterocycles. The van der Waals surface area contributed by atoms with Crippen molar-refractivity contribution in [1.29, 1.82) is 0 Å². The lowest BCUT2D eigenvalue weighted by atomic mass is 9.94. The van der Waals surface area contributed by atoms with Gasteiger partial charge in [-0.3, -0.25) is 9.69 Å². The van der Waals surface area contributed by atoms with E-state index in [9.17, 15) is 4.79 Å². The van der Waals surface area contributed by atoms with E-state index in [0.29, 0.717) is 24.5 Å². The lowest BCUT2D eigenvalue weighted by Crippen LogP contribution is -2.58. The van der Waals surface area contributed by atoms with Crippen LogP contribution in [0.2, 0.25) is 0 Å². The molecule has 0 aromatic carbocycles. The maximum atomic E-state index is 12.4. The molecule has 1 amide bonds. The fourth-order valence-corrected chi connectivity index (χ4v) is 3.05. The molecule has 0 radical (unpaired) electrons. The molecule has 0 bridgehead atoms. The van der Waals surface area contributed by atoms with Crippen LogP contribution in [0.1, 0.15) is 39.0 Å². The minimum atomic E-state index is 0. The first-order valence-corrected chi connectivity index (χ1v) is 7.42. The molecular formula is C14H28ClN3O. The highest BCUT2D eigenvalue weighted by Crippen LogP contribution is 2.22. The van der Waals surface area contributed by atoms with Crippen LogP contribution in [0, 0.1) is 0 Å². The van der Waals surface area contributed by atoms with Gasteiger partial charge in [0.15, 0.2) is 0 Å². The molecule has 0 atom stereocenters. The number of likely N-dealkylation sites (N-methyl/N-ethyl adjacent to an activating group) is 2. The second kappa shape index (κ2) is 8.08. The van der Waals surface area contributed by atoms with Gasteiger partial charge >= 0.3 is 0 Å². The van der Waals surface area contributed by atoms with Gasteiger partial charge in [-0.15, -0.1) is 12.4 Å². The Bertz CT molecular complexity index is 278. The van der Waals surface area contributed by atoms with Gasteiger partial charge < -0.3 is 10.2 Å². The van der Waals surface area contributed by atoms with Gasteiger partial charge in [0, 0.05) is 31.7 Å². The van der Waals surface area contributed by atoms with Crippen molar-refractivity contribution in [2.24, 2.45) is 0 Å². The first kappa shape index (κ1) is 16.7. The van der Waals surface area contributed by atoms with Crippen LogP contribution in [-0.4, -0.2) is 61.0 Å². The Kier molecular flexibility index (Phi) is 7.11. The summed E-state index contributed by atoms with van der Waals surface area (Å²) in [6, 6.07) is 1.06. The van der Waals surface area contributed by atoms with Crippen molar-refractivity contribution in [3.63, 3.8) is 0 Å². The molecule has 1 aliphatic heterocycles. The maximum absolute atomic E-state index is 12.4. The largest absolute Gasteiger partial charge is 0.339 e. The summed E-state index contributed by atoms with van der Waals surface area (Å²) in [6.07, 6.45) is 6.33. The number of carbonyl (C=O) groups is 1. The summed E-state index contributed by atoms with van der Waals surface area (Å²) in [5.74, 6) is 0.318. The van der Waals surface area contributed by atoms with Crippen LogP contribution in [0.4, 0.5) is 0 Å². The van der Waals surface area contributed by atoms with Crippen molar-refractivity contribution in [3.8, 4) is 0 Å². The molecule has 5 heteroatoms. The summed E-state index contributed by atoms with van der Waals surface area (Å²) in [7, 11) is 2.07. The fraction of sp³-hybridized carbons (Fsp3) is 0.929. The molecule has 0 spiro atoms. The van der Waals surface area contributed by atoms with Gasteiger partial charge in [-0.1, -0.05) is 19.3 Å². The van der Waals surface area contributed by atoms with Crippen LogP contribution >= 0.6 is 12.4 Å². The Labute approximate surface area is 123 Å². The lowest BCUT2D eigenvalue weighted by molar-refractivity contribution is -0.135.